The second-order valence-electron chi connectivity index (χ2n) is 5.72. The van der Waals surface area contributed by atoms with Crippen molar-refractivity contribution in [3.05, 3.63) is 48.0 Å². The molecule has 0 N–H and O–H groups in total. The first-order chi connectivity index (χ1) is 11.6. The van der Waals surface area contributed by atoms with Crippen molar-refractivity contribution in [1.82, 2.24) is 0 Å². The van der Waals surface area contributed by atoms with Crippen molar-refractivity contribution in [2.24, 2.45) is 0 Å². The maximum Gasteiger partial charge on any atom is 0.288 e. The monoisotopic (exact) mass is 363 g/mol. The van der Waals surface area contributed by atoms with Gasteiger partial charge in [0.15, 0.2) is 0 Å². The molecule has 0 radical (unpaired) electrons. The lowest BCUT2D eigenvalue weighted by Crippen LogP contribution is -2.26. The van der Waals surface area contributed by atoms with E-state index in [2.05, 4.69) is 13.0 Å². The summed E-state index contributed by atoms with van der Waals surface area (Å²) in [4.78, 5) is 2.07. The molecular weight excluding hydrogens is 342 g/mol. The van der Waals surface area contributed by atoms with Crippen molar-refractivity contribution in [2.45, 2.75) is 42.9 Å². The highest BCUT2D eigenvalue weighted by Crippen LogP contribution is 2.50. The van der Waals surface area contributed by atoms with E-state index in [4.69, 9.17) is 4.28 Å². The van der Waals surface area contributed by atoms with E-state index in [9.17, 15) is 8.42 Å². The maximum atomic E-state index is 12.3. The number of anilines is 2. The number of fused-ring (bicyclic) bond motifs is 2. The lowest BCUT2D eigenvalue weighted by Gasteiger charge is -2.31. The molecule has 0 atom stereocenters. The lowest BCUT2D eigenvalue weighted by atomic mass is 10.1. The number of benzene rings is 2. The predicted octanol–water partition coefficient (Wildman–Crippen LogP) is 4.91. The van der Waals surface area contributed by atoms with E-state index in [1.807, 2.05) is 43.3 Å². The molecule has 1 aliphatic rings. The van der Waals surface area contributed by atoms with Gasteiger partial charge < -0.3 is 0 Å². The highest BCUT2D eigenvalue weighted by molar-refractivity contribution is 7.99. The minimum absolute atomic E-state index is 0.00277. The van der Waals surface area contributed by atoms with Crippen molar-refractivity contribution in [2.75, 3.05) is 10.8 Å². The Morgan fingerprint density at radius 2 is 1.75 bits per heavy atom. The Hall–Kier alpha value is -1.50. The van der Waals surface area contributed by atoms with Crippen molar-refractivity contribution in [3.8, 4) is 0 Å². The summed E-state index contributed by atoms with van der Waals surface area (Å²) < 4.78 is 30.0. The zero-order valence-electron chi connectivity index (χ0n) is 13.9. The Morgan fingerprint density at radius 3 is 2.50 bits per heavy atom. The zero-order valence-corrected chi connectivity index (χ0v) is 15.5. The predicted molar refractivity (Wildman–Crippen MR) is 98.3 cm³/mol. The van der Waals surface area contributed by atoms with E-state index in [0.29, 0.717) is 6.42 Å². The molecule has 24 heavy (non-hydrogen) atoms. The molecule has 2 aromatic carbocycles. The van der Waals surface area contributed by atoms with Gasteiger partial charge in [-0.25, -0.2) is 5.06 Å². The van der Waals surface area contributed by atoms with Crippen molar-refractivity contribution < 1.29 is 12.7 Å². The smallest absolute Gasteiger partial charge is 0.202 e. The van der Waals surface area contributed by atoms with E-state index in [-0.39, 0.29) is 5.75 Å². The summed E-state index contributed by atoms with van der Waals surface area (Å²) >= 11 is 1.68. The number of hydrogen-bond acceptors (Lipinski definition) is 5. The van der Waals surface area contributed by atoms with Crippen LogP contribution >= 0.6 is 11.8 Å². The van der Waals surface area contributed by atoms with Gasteiger partial charge in [-0.05, 0) is 36.6 Å². The number of aryl methyl sites for hydroxylation is 1. The van der Waals surface area contributed by atoms with Gasteiger partial charge in [-0.15, -0.1) is 4.28 Å². The van der Waals surface area contributed by atoms with E-state index in [0.717, 1.165) is 34.0 Å². The number of nitrogens with zero attached hydrogens (tertiary/aromatic N) is 1. The molecular formula is C18H21NO3S2. The first-order valence-corrected chi connectivity index (χ1v) is 10.6. The lowest BCUT2D eigenvalue weighted by molar-refractivity contribution is 0.319. The fourth-order valence-corrected chi connectivity index (χ4v) is 4.89. The summed E-state index contributed by atoms with van der Waals surface area (Å²) in [5.74, 6) is 0.00277. The molecule has 1 aliphatic heterocycles. The maximum absolute atomic E-state index is 12.3. The van der Waals surface area contributed by atoms with Crippen LogP contribution in [0, 0.1) is 0 Å². The van der Waals surface area contributed by atoms with Gasteiger partial charge in [-0.3, -0.25) is 0 Å². The zero-order chi connectivity index (χ0) is 17.2. The molecule has 128 valence electrons. The van der Waals surface area contributed by atoms with E-state index >= 15 is 0 Å². The van der Waals surface area contributed by atoms with Crippen LogP contribution in [0.3, 0.4) is 0 Å². The van der Waals surface area contributed by atoms with Gasteiger partial charge >= 0.3 is 0 Å². The SMILES string of the molecule is CCCc1cccc2c1Sc1ccccc1N2OS(=O)(=O)CCC. The van der Waals surface area contributed by atoms with Crippen LogP contribution in [0.5, 0.6) is 0 Å². The Morgan fingerprint density at radius 1 is 1.00 bits per heavy atom. The molecule has 0 bridgehead atoms. The van der Waals surface area contributed by atoms with Gasteiger partial charge in [0.2, 0.25) is 0 Å². The van der Waals surface area contributed by atoms with Gasteiger partial charge in [0.05, 0.1) is 17.1 Å². The molecule has 0 unspecified atom stereocenters. The van der Waals surface area contributed by atoms with Crippen LogP contribution in [0.25, 0.3) is 0 Å². The van der Waals surface area contributed by atoms with Gasteiger partial charge in [-0.2, -0.15) is 8.42 Å². The molecule has 0 spiro atoms. The van der Waals surface area contributed by atoms with Crippen LogP contribution in [0.1, 0.15) is 32.3 Å². The Balaban J connectivity index is 2.10. The average molecular weight is 364 g/mol. The summed E-state index contributed by atoms with van der Waals surface area (Å²) in [6, 6.07) is 13.7. The minimum Gasteiger partial charge on any atom is -0.202 e. The molecule has 4 nitrogen and oxygen atoms in total. The third-order valence-corrected chi connectivity index (χ3v) is 6.28. The summed E-state index contributed by atoms with van der Waals surface area (Å²) in [5, 5.41) is 1.48. The Kier molecular flexibility index (Phi) is 5.18. The third kappa shape index (κ3) is 3.45. The molecule has 0 aliphatic carbocycles. The second kappa shape index (κ2) is 7.17. The third-order valence-electron chi connectivity index (χ3n) is 3.75. The standard InChI is InChI=1S/C18H21NO3S2/c1-3-8-14-9-7-11-16-18(14)23-17-12-6-5-10-15(17)19(16)22-24(20,21)13-4-2/h5-7,9-12H,3-4,8,13H2,1-2H3. The second-order valence-corrected chi connectivity index (χ2v) is 8.44. The molecule has 2 aromatic rings. The summed E-state index contributed by atoms with van der Waals surface area (Å²) in [7, 11) is -3.63. The summed E-state index contributed by atoms with van der Waals surface area (Å²) in [6.07, 6.45) is 2.51. The summed E-state index contributed by atoms with van der Waals surface area (Å²) in [6.45, 7) is 3.97. The molecule has 6 heteroatoms. The first kappa shape index (κ1) is 17.3. The number of rotatable bonds is 6. The highest BCUT2D eigenvalue weighted by Gasteiger charge is 2.29. The van der Waals surface area contributed by atoms with Crippen molar-refractivity contribution >= 4 is 33.3 Å². The van der Waals surface area contributed by atoms with Crippen LogP contribution in [0.4, 0.5) is 11.4 Å². The quantitative estimate of drug-likeness (QED) is 0.729. The van der Waals surface area contributed by atoms with E-state index in [1.54, 1.807) is 11.8 Å². The summed E-state index contributed by atoms with van der Waals surface area (Å²) in [5.41, 5.74) is 2.78. The normalized spacial score (nSPS) is 13.5. The van der Waals surface area contributed by atoms with Crippen LogP contribution < -0.4 is 5.06 Å². The molecule has 0 aromatic heterocycles. The van der Waals surface area contributed by atoms with Crippen LogP contribution in [0.2, 0.25) is 0 Å². The molecule has 0 saturated carbocycles. The van der Waals surface area contributed by atoms with Gasteiger partial charge in [0.25, 0.3) is 10.1 Å². The largest absolute Gasteiger partial charge is 0.288 e. The van der Waals surface area contributed by atoms with Crippen LogP contribution in [-0.4, -0.2) is 14.2 Å². The Bertz CT molecular complexity index is 834. The van der Waals surface area contributed by atoms with Gasteiger partial charge in [-0.1, -0.05) is 56.3 Å². The van der Waals surface area contributed by atoms with E-state index in [1.165, 1.54) is 10.6 Å². The fourth-order valence-electron chi connectivity index (χ4n) is 2.75. The topological polar surface area (TPSA) is 46.6 Å². The van der Waals surface area contributed by atoms with Crippen LogP contribution in [-0.2, 0) is 20.8 Å². The average Bonchev–Trinajstić information content (AvgIpc) is 2.55. The van der Waals surface area contributed by atoms with Gasteiger partial charge in [0.1, 0.15) is 0 Å². The minimum atomic E-state index is -3.63. The molecule has 3 rings (SSSR count). The molecule has 0 amide bonds. The van der Waals surface area contributed by atoms with Crippen LogP contribution in [0.15, 0.2) is 52.3 Å². The highest BCUT2D eigenvalue weighted by atomic mass is 32.2. The van der Waals surface area contributed by atoms with Gasteiger partial charge in [0, 0.05) is 9.79 Å². The fraction of sp³-hybridized carbons (Fsp3) is 0.333. The van der Waals surface area contributed by atoms with Crippen molar-refractivity contribution in [1.29, 1.82) is 0 Å². The molecule has 1 heterocycles. The molecule has 0 saturated heterocycles. The Labute approximate surface area is 147 Å². The first-order valence-electron chi connectivity index (χ1n) is 8.17. The van der Waals surface area contributed by atoms with Crippen molar-refractivity contribution in [3.63, 3.8) is 0 Å². The van der Waals surface area contributed by atoms with E-state index < -0.39 is 10.1 Å². The molecule has 0 fully saturated rings. The number of hydrogen-bond donors (Lipinski definition) is 0. The number of para-hydroxylation sites is 1.